The standard InChI is InChI=1S/C17H18F3NO4/c1-4-24-15(23)14-12(17(18,19)20)11-10(25-14)7-16(5-6-16)9(13(11)22)8-21(2)3/h8H,4-7H2,1-3H3/b9-8-. The number of hydrogen-bond donors (Lipinski definition) is 0. The Hall–Kier alpha value is -2.25. The molecule has 2 aliphatic carbocycles. The zero-order valence-electron chi connectivity index (χ0n) is 14.1. The van der Waals surface area contributed by atoms with Crippen molar-refractivity contribution in [3.8, 4) is 0 Å². The van der Waals surface area contributed by atoms with E-state index < -0.39 is 40.2 Å². The van der Waals surface area contributed by atoms with Crippen LogP contribution in [-0.2, 0) is 17.3 Å². The van der Waals surface area contributed by atoms with Crippen molar-refractivity contribution in [2.24, 2.45) is 5.41 Å². The Labute approximate surface area is 142 Å². The second-order valence-electron chi connectivity index (χ2n) is 6.62. The largest absolute Gasteiger partial charge is 0.460 e. The smallest absolute Gasteiger partial charge is 0.421 e. The zero-order valence-corrected chi connectivity index (χ0v) is 14.1. The molecular weight excluding hydrogens is 339 g/mol. The molecule has 1 fully saturated rings. The summed E-state index contributed by atoms with van der Waals surface area (Å²) >= 11 is 0. The highest BCUT2D eigenvalue weighted by Gasteiger charge is 2.57. The summed E-state index contributed by atoms with van der Waals surface area (Å²) in [4.78, 5) is 26.4. The first kappa shape index (κ1) is 17.6. The maximum absolute atomic E-state index is 13.6. The number of ether oxygens (including phenoxy) is 1. The third-order valence-corrected chi connectivity index (χ3v) is 4.51. The minimum absolute atomic E-state index is 0.0752. The molecule has 0 bridgehead atoms. The molecule has 5 nitrogen and oxygen atoms in total. The van der Waals surface area contributed by atoms with E-state index in [4.69, 9.17) is 4.42 Å². The van der Waals surface area contributed by atoms with E-state index in [0.717, 1.165) is 0 Å². The number of hydrogen-bond acceptors (Lipinski definition) is 5. The molecule has 0 saturated heterocycles. The van der Waals surface area contributed by atoms with E-state index in [-0.39, 0.29) is 18.8 Å². The lowest BCUT2D eigenvalue weighted by Crippen LogP contribution is -2.28. The van der Waals surface area contributed by atoms with Crippen LogP contribution >= 0.6 is 0 Å². The molecule has 25 heavy (non-hydrogen) atoms. The molecule has 1 heterocycles. The minimum atomic E-state index is -4.90. The van der Waals surface area contributed by atoms with E-state index in [1.165, 1.54) is 6.92 Å². The topological polar surface area (TPSA) is 59.8 Å². The highest BCUT2D eigenvalue weighted by Crippen LogP contribution is 2.59. The fraction of sp³-hybridized carbons (Fsp3) is 0.529. The molecule has 1 aromatic rings. The molecular formula is C17H18F3NO4. The molecule has 136 valence electrons. The lowest BCUT2D eigenvalue weighted by molar-refractivity contribution is -0.138. The fourth-order valence-corrected chi connectivity index (χ4v) is 3.28. The average molecular weight is 357 g/mol. The van der Waals surface area contributed by atoms with Crippen molar-refractivity contribution in [2.75, 3.05) is 20.7 Å². The highest BCUT2D eigenvalue weighted by atomic mass is 19.4. The first-order valence-electron chi connectivity index (χ1n) is 7.94. The molecule has 1 saturated carbocycles. The lowest BCUT2D eigenvalue weighted by atomic mass is 9.79. The highest BCUT2D eigenvalue weighted by molar-refractivity contribution is 6.14. The maximum atomic E-state index is 13.6. The molecule has 0 N–H and O–H groups in total. The number of alkyl halides is 3. The number of allylic oxidation sites excluding steroid dienone is 1. The molecule has 0 unspecified atom stereocenters. The predicted octanol–water partition coefficient (Wildman–Crippen LogP) is 3.44. The zero-order chi connectivity index (χ0) is 18.6. The third-order valence-electron chi connectivity index (χ3n) is 4.51. The van der Waals surface area contributed by atoms with Crippen LogP contribution in [0.5, 0.6) is 0 Å². The van der Waals surface area contributed by atoms with Gasteiger partial charge in [0.1, 0.15) is 11.3 Å². The van der Waals surface area contributed by atoms with Gasteiger partial charge < -0.3 is 14.1 Å². The second kappa shape index (κ2) is 5.64. The summed E-state index contributed by atoms with van der Waals surface area (Å²) in [5, 5.41) is 0. The van der Waals surface area contributed by atoms with Crippen LogP contribution in [0.1, 0.15) is 52.0 Å². The number of furan rings is 1. The van der Waals surface area contributed by atoms with Crippen molar-refractivity contribution < 1.29 is 31.9 Å². The van der Waals surface area contributed by atoms with Gasteiger partial charge >= 0.3 is 12.1 Å². The number of nitrogens with zero attached hydrogens (tertiary/aromatic N) is 1. The van der Waals surface area contributed by atoms with Crippen LogP contribution in [0.4, 0.5) is 13.2 Å². The van der Waals surface area contributed by atoms with Crippen molar-refractivity contribution in [1.82, 2.24) is 4.90 Å². The lowest BCUT2D eigenvalue weighted by Gasteiger charge is -2.25. The van der Waals surface area contributed by atoms with E-state index in [9.17, 15) is 22.8 Å². The number of carbonyl (C=O) groups excluding carboxylic acids is 2. The normalized spacial score (nSPS) is 19.9. The first-order chi connectivity index (χ1) is 11.6. The van der Waals surface area contributed by atoms with E-state index in [2.05, 4.69) is 4.74 Å². The van der Waals surface area contributed by atoms with Gasteiger partial charge in [-0.3, -0.25) is 4.79 Å². The van der Waals surface area contributed by atoms with Gasteiger partial charge in [0.05, 0.1) is 12.2 Å². The summed E-state index contributed by atoms with van der Waals surface area (Å²) in [6.45, 7) is 1.39. The van der Waals surface area contributed by atoms with Crippen LogP contribution in [0.3, 0.4) is 0 Å². The molecule has 1 spiro atoms. The number of Topliss-reactive ketones (excluding diaryl/α,β-unsaturated/α-hetero) is 1. The van der Waals surface area contributed by atoms with Gasteiger partial charge in [0.15, 0.2) is 5.78 Å². The van der Waals surface area contributed by atoms with Gasteiger partial charge in [-0.2, -0.15) is 13.2 Å². The molecule has 0 aromatic carbocycles. The monoisotopic (exact) mass is 357 g/mol. The van der Waals surface area contributed by atoms with Gasteiger partial charge in [-0.15, -0.1) is 0 Å². The number of fused-ring (bicyclic) bond motifs is 1. The maximum Gasteiger partial charge on any atom is 0.421 e. The number of rotatable bonds is 3. The van der Waals surface area contributed by atoms with Gasteiger partial charge in [0.2, 0.25) is 5.76 Å². The molecule has 8 heteroatoms. The van der Waals surface area contributed by atoms with E-state index in [1.807, 2.05) is 0 Å². The van der Waals surface area contributed by atoms with E-state index in [0.29, 0.717) is 18.4 Å². The van der Waals surface area contributed by atoms with Gasteiger partial charge in [0, 0.05) is 37.7 Å². The van der Waals surface area contributed by atoms with Crippen molar-refractivity contribution in [3.63, 3.8) is 0 Å². The first-order valence-corrected chi connectivity index (χ1v) is 7.94. The Morgan fingerprint density at radius 2 is 2.00 bits per heavy atom. The van der Waals surface area contributed by atoms with Crippen molar-refractivity contribution >= 4 is 11.8 Å². The summed E-state index contributed by atoms with van der Waals surface area (Å²) in [5.41, 5.74) is -2.03. The summed E-state index contributed by atoms with van der Waals surface area (Å²) in [6.07, 6.45) is -1.75. The molecule has 3 rings (SSSR count). The van der Waals surface area contributed by atoms with Crippen LogP contribution in [0, 0.1) is 5.41 Å². The van der Waals surface area contributed by atoms with Gasteiger partial charge in [0.25, 0.3) is 0 Å². The van der Waals surface area contributed by atoms with Crippen LogP contribution in [0.15, 0.2) is 16.2 Å². The third kappa shape index (κ3) is 2.83. The van der Waals surface area contributed by atoms with Crippen LogP contribution in [0.2, 0.25) is 0 Å². The van der Waals surface area contributed by atoms with Crippen LogP contribution in [-0.4, -0.2) is 37.4 Å². The van der Waals surface area contributed by atoms with Crippen molar-refractivity contribution in [3.05, 3.63) is 34.4 Å². The van der Waals surface area contributed by atoms with Gasteiger partial charge in [-0.05, 0) is 19.8 Å². The van der Waals surface area contributed by atoms with Gasteiger partial charge in [-0.25, -0.2) is 4.79 Å². The fourth-order valence-electron chi connectivity index (χ4n) is 3.28. The molecule has 0 amide bonds. The molecule has 1 aromatic heterocycles. The summed E-state index contributed by atoms with van der Waals surface area (Å²) in [7, 11) is 3.41. The van der Waals surface area contributed by atoms with E-state index in [1.54, 1.807) is 25.2 Å². The number of esters is 1. The van der Waals surface area contributed by atoms with Gasteiger partial charge in [-0.1, -0.05) is 0 Å². The Balaban J connectivity index is 2.20. The Morgan fingerprint density at radius 3 is 2.48 bits per heavy atom. The number of carbonyl (C=O) groups is 2. The average Bonchev–Trinajstić information content (AvgIpc) is 3.13. The Bertz CT molecular complexity index is 770. The molecule has 2 aliphatic rings. The molecule has 0 radical (unpaired) electrons. The Morgan fingerprint density at radius 1 is 1.36 bits per heavy atom. The summed E-state index contributed by atoms with van der Waals surface area (Å²) in [6, 6.07) is 0. The summed E-state index contributed by atoms with van der Waals surface area (Å²) in [5.74, 6) is -2.94. The Kier molecular flexibility index (Phi) is 3.96. The van der Waals surface area contributed by atoms with E-state index >= 15 is 0 Å². The number of ketones is 1. The minimum Gasteiger partial charge on any atom is -0.460 e. The van der Waals surface area contributed by atoms with Crippen molar-refractivity contribution in [2.45, 2.75) is 32.4 Å². The summed E-state index contributed by atoms with van der Waals surface area (Å²) < 4.78 is 50.7. The van der Waals surface area contributed by atoms with Crippen LogP contribution < -0.4 is 0 Å². The second-order valence-corrected chi connectivity index (χ2v) is 6.62. The predicted molar refractivity (Wildman–Crippen MR) is 81.1 cm³/mol. The molecule has 0 atom stereocenters. The quantitative estimate of drug-likeness (QED) is 0.613. The van der Waals surface area contributed by atoms with Crippen molar-refractivity contribution in [1.29, 1.82) is 0 Å². The van der Waals surface area contributed by atoms with Crippen LogP contribution in [0.25, 0.3) is 0 Å². The SMILES string of the molecule is CCOC(=O)c1oc2c(c1C(F)(F)F)C(=O)/C(=C/N(C)C)C1(CC1)C2. The molecule has 0 aliphatic heterocycles. The number of halogens is 3.